The van der Waals surface area contributed by atoms with Crippen molar-refractivity contribution in [2.75, 3.05) is 4.90 Å². The zero-order valence-electron chi connectivity index (χ0n) is 40.0. The third kappa shape index (κ3) is 7.29. The lowest BCUT2D eigenvalue weighted by atomic mass is 9.98. The van der Waals surface area contributed by atoms with Gasteiger partial charge in [-0.25, -0.2) is 0 Å². The number of anilines is 3. The molecule has 3 nitrogen and oxygen atoms in total. The van der Waals surface area contributed by atoms with Gasteiger partial charge in [-0.1, -0.05) is 206 Å². The van der Waals surface area contributed by atoms with Crippen molar-refractivity contribution >= 4 is 71.4 Å². The van der Waals surface area contributed by atoms with Crippen LogP contribution in [0.1, 0.15) is 0 Å². The van der Waals surface area contributed by atoms with Gasteiger partial charge in [-0.15, -0.1) is 0 Å². The van der Waals surface area contributed by atoms with E-state index in [-0.39, 0.29) is 0 Å². The molecule has 0 bridgehead atoms. The molecule has 0 radical (unpaired) electrons. The summed E-state index contributed by atoms with van der Waals surface area (Å²) in [4.78, 5) is 2.41. The van der Waals surface area contributed by atoms with Crippen LogP contribution < -0.4 is 4.90 Å². The topological polar surface area (TPSA) is 13.1 Å². The SMILES string of the molecule is c1ccc(-c2ccc(-c3ccc(N(c4ccc(-c5ccc(-c6ccc7c(c6)c6ccccc6n7-c6ccccc6)cc5)cc4)c4ccc(-n5c6ccccc6c6ccccc65)c5ccccc45)cc3)cc2)cc1. The van der Waals surface area contributed by atoms with E-state index < -0.39 is 0 Å². The van der Waals surface area contributed by atoms with Gasteiger partial charge in [0.15, 0.2) is 0 Å². The number of benzene rings is 12. The third-order valence-corrected chi connectivity index (χ3v) is 14.8. The van der Waals surface area contributed by atoms with Crippen LogP contribution in [0.3, 0.4) is 0 Å². The first-order valence-corrected chi connectivity index (χ1v) is 25.1. The van der Waals surface area contributed by atoms with E-state index in [2.05, 4.69) is 299 Å². The predicted molar refractivity (Wildman–Crippen MR) is 309 cm³/mol. The Hall–Kier alpha value is -9.70. The van der Waals surface area contributed by atoms with Crippen molar-refractivity contribution < 1.29 is 0 Å². The van der Waals surface area contributed by atoms with Crippen LogP contribution in [0.25, 0.3) is 110 Å². The van der Waals surface area contributed by atoms with Gasteiger partial charge >= 0.3 is 0 Å². The Morgan fingerprint density at radius 2 is 0.575 bits per heavy atom. The van der Waals surface area contributed by atoms with Gasteiger partial charge in [0.1, 0.15) is 0 Å². The Labute approximate surface area is 424 Å². The number of hydrogen-bond donors (Lipinski definition) is 0. The largest absolute Gasteiger partial charge is 0.310 e. The molecule has 12 aromatic carbocycles. The second kappa shape index (κ2) is 17.6. The van der Waals surface area contributed by atoms with Crippen molar-refractivity contribution in [1.82, 2.24) is 9.13 Å². The maximum absolute atomic E-state index is 2.43. The standard InChI is InChI=1S/C70H47N3/c1-3-15-48(16-4-1)49-27-29-50(30-28-49)52-35-40-57(41-36-52)71(68-45-46-69(62-20-8-7-19-61(62)68)73-66-25-13-9-21-59(66)60-22-10-14-26-67(60)73)58-42-37-53(38-43-58)51-31-33-54(34-32-51)55-39-44-70-64(47-55)63-23-11-12-24-65(63)72(70)56-17-5-2-6-18-56/h1-47H. The molecule has 0 amide bonds. The van der Waals surface area contributed by atoms with Crippen molar-refractivity contribution in [3.63, 3.8) is 0 Å². The highest BCUT2D eigenvalue weighted by Crippen LogP contribution is 2.44. The summed E-state index contributed by atoms with van der Waals surface area (Å²) in [6.45, 7) is 0. The van der Waals surface area contributed by atoms with Gasteiger partial charge in [-0.2, -0.15) is 0 Å². The molecule has 0 saturated carbocycles. The lowest BCUT2D eigenvalue weighted by Gasteiger charge is -2.28. The maximum atomic E-state index is 2.43. The van der Waals surface area contributed by atoms with Crippen LogP contribution in [-0.2, 0) is 0 Å². The number of rotatable bonds is 9. The third-order valence-electron chi connectivity index (χ3n) is 14.8. The average Bonchev–Trinajstić information content (AvgIpc) is 3.99. The summed E-state index contributed by atoms with van der Waals surface area (Å²) in [5.74, 6) is 0. The zero-order chi connectivity index (χ0) is 48.2. The van der Waals surface area contributed by atoms with E-state index in [0.717, 1.165) is 28.3 Å². The molecule has 0 N–H and O–H groups in total. The minimum Gasteiger partial charge on any atom is -0.310 e. The first-order valence-electron chi connectivity index (χ1n) is 25.1. The van der Waals surface area contributed by atoms with Gasteiger partial charge in [-0.3, -0.25) is 0 Å². The lowest BCUT2D eigenvalue weighted by Crippen LogP contribution is -2.11. The molecule has 0 aliphatic rings. The number of nitrogens with zero attached hydrogens (tertiary/aromatic N) is 3. The Morgan fingerprint density at radius 1 is 0.219 bits per heavy atom. The van der Waals surface area contributed by atoms with E-state index >= 15 is 0 Å². The first kappa shape index (κ1) is 42.2. The minimum atomic E-state index is 1.08. The van der Waals surface area contributed by atoms with Crippen molar-refractivity contribution in [3.8, 4) is 55.9 Å². The minimum absolute atomic E-state index is 1.08. The molecular formula is C70H47N3. The summed E-state index contributed by atoms with van der Waals surface area (Å²) in [5.41, 5.74) is 19.9. The molecule has 14 aromatic rings. The summed E-state index contributed by atoms with van der Waals surface area (Å²) in [5, 5.41) is 7.37. The average molecular weight is 930 g/mol. The van der Waals surface area contributed by atoms with E-state index in [0.29, 0.717) is 0 Å². The molecule has 2 heterocycles. The van der Waals surface area contributed by atoms with Crippen LogP contribution in [0, 0.1) is 0 Å². The molecule has 0 unspecified atom stereocenters. The Balaban J connectivity index is 0.837. The van der Waals surface area contributed by atoms with E-state index in [1.807, 2.05) is 0 Å². The van der Waals surface area contributed by atoms with Crippen LogP contribution in [0.15, 0.2) is 285 Å². The van der Waals surface area contributed by atoms with Gasteiger partial charge in [0, 0.05) is 49.4 Å². The number of para-hydroxylation sites is 4. The highest BCUT2D eigenvalue weighted by molar-refractivity contribution is 6.13. The predicted octanol–water partition coefficient (Wildman–Crippen LogP) is 19.2. The summed E-state index contributed by atoms with van der Waals surface area (Å²) in [6, 6.07) is 104. The second-order valence-electron chi connectivity index (χ2n) is 18.9. The summed E-state index contributed by atoms with van der Waals surface area (Å²) >= 11 is 0. The molecule has 0 saturated heterocycles. The summed E-state index contributed by atoms with van der Waals surface area (Å²) < 4.78 is 4.80. The number of fused-ring (bicyclic) bond motifs is 7. The van der Waals surface area contributed by atoms with Gasteiger partial charge in [-0.05, 0) is 123 Å². The van der Waals surface area contributed by atoms with E-state index in [1.54, 1.807) is 0 Å². The molecule has 0 aliphatic carbocycles. The molecule has 73 heavy (non-hydrogen) atoms. The molecule has 14 rings (SSSR count). The Bertz CT molecular complexity index is 4270. The normalized spacial score (nSPS) is 11.6. The summed E-state index contributed by atoms with van der Waals surface area (Å²) in [6.07, 6.45) is 0. The molecule has 0 aliphatic heterocycles. The van der Waals surface area contributed by atoms with Crippen LogP contribution in [0.2, 0.25) is 0 Å². The highest BCUT2D eigenvalue weighted by Gasteiger charge is 2.21. The molecule has 2 aromatic heterocycles. The van der Waals surface area contributed by atoms with Crippen LogP contribution in [0.5, 0.6) is 0 Å². The maximum Gasteiger partial charge on any atom is 0.0542 e. The van der Waals surface area contributed by atoms with Crippen LogP contribution >= 0.6 is 0 Å². The van der Waals surface area contributed by atoms with E-state index in [9.17, 15) is 0 Å². The van der Waals surface area contributed by atoms with Crippen LogP contribution in [-0.4, -0.2) is 9.13 Å². The second-order valence-corrected chi connectivity index (χ2v) is 18.9. The fourth-order valence-corrected chi connectivity index (χ4v) is 11.2. The molecule has 342 valence electrons. The Kier molecular flexibility index (Phi) is 10.2. The fourth-order valence-electron chi connectivity index (χ4n) is 11.2. The molecule has 0 fully saturated rings. The molecule has 3 heteroatoms. The number of hydrogen-bond acceptors (Lipinski definition) is 1. The van der Waals surface area contributed by atoms with Crippen molar-refractivity contribution in [2.45, 2.75) is 0 Å². The smallest absolute Gasteiger partial charge is 0.0542 e. The van der Waals surface area contributed by atoms with Crippen LogP contribution in [0.4, 0.5) is 17.1 Å². The first-order chi connectivity index (χ1) is 36.2. The Morgan fingerprint density at radius 3 is 1.10 bits per heavy atom. The van der Waals surface area contributed by atoms with Crippen molar-refractivity contribution in [1.29, 1.82) is 0 Å². The van der Waals surface area contributed by atoms with Crippen molar-refractivity contribution in [2.24, 2.45) is 0 Å². The van der Waals surface area contributed by atoms with E-state index in [4.69, 9.17) is 0 Å². The number of aromatic nitrogens is 2. The van der Waals surface area contributed by atoms with Gasteiger partial charge < -0.3 is 14.0 Å². The summed E-state index contributed by atoms with van der Waals surface area (Å²) in [7, 11) is 0. The van der Waals surface area contributed by atoms with Gasteiger partial charge in [0.05, 0.1) is 33.4 Å². The van der Waals surface area contributed by atoms with Gasteiger partial charge in [0.25, 0.3) is 0 Å². The van der Waals surface area contributed by atoms with Crippen molar-refractivity contribution in [3.05, 3.63) is 285 Å². The van der Waals surface area contributed by atoms with E-state index in [1.165, 1.54) is 99.0 Å². The highest BCUT2D eigenvalue weighted by atomic mass is 15.1. The molecule has 0 atom stereocenters. The monoisotopic (exact) mass is 929 g/mol. The van der Waals surface area contributed by atoms with Gasteiger partial charge in [0.2, 0.25) is 0 Å². The lowest BCUT2D eigenvalue weighted by molar-refractivity contribution is 1.18. The molecular weight excluding hydrogens is 883 g/mol. The quantitative estimate of drug-likeness (QED) is 0.141. The zero-order valence-corrected chi connectivity index (χ0v) is 40.0. The molecule has 0 spiro atoms. The fraction of sp³-hybridized carbons (Fsp3) is 0.